The van der Waals surface area contributed by atoms with E-state index in [0.717, 1.165) is 16.9 Å². The average Bonchev–Trinajstić information content (AvgIpc) is 2.77. The quantitative estimate of drug-likeness (QED) is 0.825. The summed E-state index contributed by atoms with van der Waals surface area (Å²) in [5, 5.41) is 0.681. The summed E-state index contributed by atoms with van der Waals surface area (Å²) in [4.78, 5) is 18.5. The second-order valence-electron chi connectivity index (χ2n) is 3.02. The van der Waals surface area contributed by atoms with Crippen molar-refractivity contribution >= 4 is 18.0 Å². The Balaban J connectivity index is 2.17. The van der Waals surface area contributed by atoms with E-state index in [1.807, 2.05) is 24.3 Å². The molecule has 1 heterocycles. The molecule has 0 aliphatic carbocycles. The lowest BCUT2D eigenvalue weighted by atomic mass is 10.3. The molecule has 0 unspecified atom stereocenters. The number of nitrogens with zero attached hydrogens (tertiary/aromatic N) is 1. The van der Waals surface area contributed by atoms with Crippen LogP contribution < -0.4 is 4.74 Å². The molecule has 0 fully saturated rings. The van der Waals surface area contributed by atoms with Crippen LogP contribution in [0.15, 0.2) is 40.5 Å². The van der Waals surface area contributed by atoms with Crippen LogP contribution in [0.3, 0.4) is 0 Å². The van der Waals surface area contributed by atoms with Gasteiger partial charge in [-0.15, -0.1) is 0 Å². The van der Waals surface area contributed by atoms with Gasteiger partial charge < -0.3 is 9.72 Å². The molecule has 4 nitrogen and oxygen atoms in total. The normalized spacial score (nSPS) is 10.1. The van der Waals surface area contributed by atoms with Crippen molar-refractivity contribution in [2.24, 2.45) is 0 Å². The Morgan fingerprint density at radius 3 is 2.75 bits per heavy atom. The first-order valence-corrected chi connectivity index (χ1v) is 5.45. The highest BCUT2D eigenvalue weighted by molar-refractivity contribution is 7.99. The lowest BCUT2D eigenvalue weighted by Crippen LogP contribution is -1.84. The van der Waals surface area contributed by atoms with Crippen LogP contribution in [0.4, 0.5) is 0 Å². The molecule has 0 amide bonds. The number of benzene rings is 1. The summed E-state index contributed by atoms with van der Waals surface area (Å²) >= 11 is 1.44. The lowest BCUT2D eigenvalue weighted by molar-refractivity contribution is 0.111. The summed E-state index contributed by atoms with van der Waals surface area (Å²) in [7, 11) is 1.63. The van der Waals surface area contributed by atoms with Gasteiger partial charge in [0.1, 0.15) is 16.5 Å². The highest BCUT2D eigenvalue weighted by atomic mass is 32.2. The summed E-state index contributed by atoms with van der Waals surface area (Å²) in [6.07, 6.45) is 2.27. The topological polar surface area (TPSA) is 55.0 Å². The van der Waals surface area contributed by atoms with Gasteiger partial charge in [-0.05, 0) is 24.3 Å². The van der Waals surface area contributed by atoms with Gasteiger partial charge in [-0.25, -0.2) is 4.98 Å². The zero-order valence-corrected chi connectivity index (χ0v) is 9.45. The van der Waals surface area contributed by atoms with Crippen molar-refractivity contribution in [1.29, 1.82) is 0 Å². The molecule has 2 aromatic rings. The molecule has 0 bridgehead atoms. The van der Waals surface area contributed by atoms with E-state index in [9.17, 15) is 4.79 Å². The number of aromatic nitrogens is 2. The first kappa shape index (κ1) is 10.8. The van der Waals surface area contributed by atoms with Crippen LogP contribution in [-0.2, 0) is 0 Å². The van der Waals surface area contributed by atoms with Crippen molar-refractivity contribution in [2.45, 2.75) is 9.92 Å². The van der Waals surface area contributed by atoms with E-state index >= 15 is 0 Å². The smallest absolute Gasteiger partial charge is 0.169 e. The SMILES string of the molecule is COc1ccc(Sc2nc[nH]c2C=O)cc1. The summed E-state index contributed by atoms with van der Waals surface area (Å²) in [6, 6.07) is 7.59. The van der Waals surface area contributed by atoms with E-state index < -0.39 is 0 Å². The van der Waals surface area contributed by atoms with Crippen LogP contribution in [0, 0.1) is 0 Å². The molecular weight excluding hydrogens is 224 g/mol. The van der Waals surface area contributed by atoms with Gasteiger partial charge in [0.25, 0.3) is 0 Å². The number of aldehydes is 1. The van der Waals surface area contributed by atoms with E-state index in [1.165, 1.54) is 18.1 Å². The number of hydrogen-bond acceptors (Lipinski definition) is 4. The maximum atomic E-state index is 10.7. The Labute approximate surface area is 97.0 Å². The minimum Gasteiger partial charge on any atom is -0.497 e. The van der Waals surface area contributed by atoms with Gasteiger partial charge in [-0.1, -0.05) is 11.8 Å². The fraction of sp³-hybridized carbons (Fsp3) is 0.0909. The number of carbonyl (C=O) groups excluding carboxylic acids is 1. The number of H-pyrrole nitrogens is 1. The molecule has 0 atom stereocenters. The largest absolute Gasteiger partial charge is 0.497 e. The van der Waals surface area contributed by atoms with Crippen molar-refractivity contribution in [3.8, 4) is 5.75 Å². The molecule has 0 saturated heterocycles. The molecule has 1 N–H and O–H groups in total. The third-order valence-corrected chi connectivity index (χ3v) is 3.05. The predicted octanol–water partition coefficient (Wildman–Crippen LogP) is 2.38. The molecule has 0 radical (unpaired) electrons. The van der Waals surface area contributed by atoms with Crippen LogP contribution in [0.25, 0.3) is 0 Å². The van der Waals surface area contributed by atoms with Crippen molar-refractivity contribution in [3.63, 3.8) is 0 Å². The lowest BCUT2D eigenvalue weighted by Gasteiger charge is -2.01. The third-order valence-electron chi connectivity index (χ3n) is 2.02. The number of carbonyl (C=O) groups is 1. The fourth-order valence-electron chi connectivity index (χ4n) is 1.21. The second-order valence-corrected chi connectivity index (χ2v) is 4.08. The van der Waals surface area contributed by atoms with Crippen LogP contribution >= 0.6 is 11.8 Å². The zero-order valence-electron chi connectivity index (χ0n) is 8.64. The average molecular weight is 234 g/mol. The van der Waals surface area contributed by atoms with Crippen molar-refractivity contribution < 1.29 is 9.53 Å². The first-order chi connectivity index (χ1) is 7.83. The van der Waals surface area contributed by atoms with E-state index in [2.05, 4.69) is 9.97 Å². The third kappa shape index (κ3) is 2.25. The van der Waals surface area contributed by atoms with Gasteiger partial charge in [0, 0.05) is 4.90 Å². The van der Waals surface area contributed by atoms with E-state index in [4.69, 9.17) is 4.74 Å². The van der Waals surface area contributed by atoms with Gasteiger partial charge in [0.15, 0.2) is 6.29 Å². The molecule has 16 heavy (non-hydrogen) atoms. The molecule has 0 aliphatic heterocycles. The minimum atomic E-state index is 0.501. The van der Waals surface area contributed by atoms with Gasteiger partial charge in [-0.2, -0.15) is 0 Å². The van der Waals surface area contributed by atoms with E-state index in [1.54, 1.807) is 7.11 Å². The Morgan fingerprint density at radius 1 is 1.38 bits per heavy atom. The summed E-state index contributed by atoms with van der Waals surface area (Å²) in [5.41, 5.74) is 0.501. The predicted molar refractivity (Wildman–Crippen MR) is 61.1 cm³/mol. The van der Waals surface area contributed by atoms with Crippen LogP contribution in [0.2, 0.25) is 0 Å². The van der Waals surface area contributed by atoms with Crippen LogP contribution in [0.1, 0.15) is 10.5 Å². The van der Waals surface area contributed by atoms with E-state index in [0.29, 0.717) is 10.7 Å². The van der Waals surface area contributed by atoms with Gasteiger partial charge in [-0.3, -0.25) is 4.79 Å². The molecular formula is C11H10N2O2S. The van der Waals surface area contributed by atoms with Gasteiger partial charge >= 0.3 is 0 Å². The number of imidazole rings is 1. The molecule has 1 aromatic carbocycles. The highest BCUT2D eigenvalue weighted by Crippen LogP contribution is 2.28. The van der Waals surface area contributed by atoms with Crippen molar-refractivity contribution in [3.05, 3.63) is 36.3 Å². The van der Waals surface area contributed by atoms with Crippen LogP contribution in [-0.4, -0.2) is 23.4 Å². The van der Waals surface area contributed by atoms with Crippen molar-refractivity contribution in [2.75, 3.05) is 7.11 Å². The maximum Gasteiger partial charge on any atom is 0.169 e. The molecule has 5 heteroatoms. The summed E-state index contributed by atoms with van der Waals surface area (Å²) in [5.74, 6) is 0.807. The Morgan fingerprint density at radius 2 is 2.12 bits per heavy atom. The maximum absolute atomic E-state index is 10.7. The molecule has 2 rings (SSSR count). The number of nitrogens with one attached hydrogen (secondary N) is 1. The Hall–Kier alpha value is -1.75. The molecule has 0 spiro atoms. The van der Waals surface area contributed by atoms with Crippen LogP contribution in [0.5, 0.6) is 5.75 Å². The summed E-state index contributed by atoms with van der Waals surface area (Å²) in [6.45, 7) is 0. The molecule has 82 valence electrons. The number of aromatic amines is 1. The van der Waals surface area contributed by atoms with Gasteiger partial charge in [0.2, 0.25) is 0 Å². The standard InChI is InChI=1S/C11H10N2O2S/c1-15-8-2-4-9(5-3-8)16-11-10(6-14)12-7-13-11/h2-7H,1H3,(H,12,13). The fourth-order valence-corrected chi connectivity index (χ4v) is 2.03. The monoisotopic (exact) mass is 234 g/mol. The minimum absolute atomic E-state index is 0.501. The second kappa shape index (κ2) is 4.85. The molecule has 1 aromatic heterocycles. The Kier molecular flexibility index (Phi) is 3.26. The number of hydrogen-bond donors (Lipinski definition) is 1. The highest BCUT2D eigenvalue weighted by Gasteiger charge is 2.06. The van der Waals surface area contributed by atoms with E-state index in [-0.39, 0.29) is 0 Å². The first-order valence-electron chi connectivity index (χ1n) is 4.64. The number of ether oxygens (including phenoxy) is 1. The molecule has 0 saturated carbocycles. The number of methoxy groups -OCH3 is 1. The molecule has 0 aliphatic rings. The number of rotatable bonds is 4. The van der Waals surface area contributed by atoms with Crippen molar-refractivity contribution in [1.82, 2.24) is 9.97 Å². The zero-order chi connectivity index (χ0) is 11.4. The summed E-state index contributed by atoms with van der Waals surface area (Å²) < 4.78 is 5.06. The van der Waals surface area contributed by atoms with Gasteiger partial charge in [0.05, 0.1) is 13.4 Å². The Bertz CT molecular complexity index is 479.